The number of nitrogens with zero attached hydrogens (tertiary/aromatic N) is 1. The van der Waals surface area contributed by atoms with Crippen LogP contribution in [0.1, 0.15) is 27.9 Å². The Kier molecular flexibility index (Phi) is 5.91. The van der Waals surface area contributed by atoms with Crippen LogP contribution >= 0.6 is 11.6 Å². The summed E-state index contributed by atoms with van der Waals surface area (Å²) in [5.41, 5.74) is 0.196. The largest absolute Gasteiger partial charge is 0.493 e. The van der Waals surface area contributed by atoms with Gasteiger partial charge in [-0.15, -0.1) is 0 Å². The number of aliphatic hydroxyl groups is 1. The maximum atomic E-state index is 13.4. The molecule has 32 heavy (non-hydrogen) atoms. The summed E-state index contributed by atoms with van der Waals surface area (Å²) in [6.45, 7) is 0.250. The predicted octanol–water partition coefficient (Wildman–Crippen LogP) is 4.36. The van der Waals surface area contributed by atoms with Gasteiger partial charge in [0, 0.05) is 16.1 Å². The summed E-state index contributed by atoms with van der Waals surface area (Å²) in [6, 6.07) is 18.9. The molecule has 1 unspecified atom stereocenters. The van der Waals surface area contributed by atoms with Crippen LogP contribution in [-0.2, 0) is 16.9 Å². The highest BCUT2D eigenvalue weighted by Crippen LogP contribution is 2.43. The van der Waals surface area contributed by atoms with Gasteiger partial charge in [0.25, 0.3) is 5.91 Å². The van der Waals surface area contributed by atoms with E-state index < -0.39 is 17.9 Å². The van der Waals surface area contributed by atoms with E-state index >= 15 is 0 Å². The minimum absolute atomic E-state index is 0.250. The van der Waals surface area contributed by atoms with Gasteiger partial charge in [-0.3, -0.25) is 9.59 Å². The van der Waals surface area contributed by atoms with Gasteiger partial charge in [-0.1, -0.05) is 41.9 Å². The fraction of sp³-hybridized carbons (Fsp3) is 0.200. The van der Waals surface area contributed by atoms with Crippen LogP contribution in [-0.4, -0.2) is 31.0 Å². The van der Waals surface area contributed by atoms with Crippen LogP contribution in [0.2, 0.25) is 5.02 Å². The van der Waals surface area contributed by atoms with Gasteiger partial charge in [0.1, 0.15) is 0 Å². The van der Waals surface area contributed by atoms with Crippen molar-refractivity contribution in [1.82, 2.24) is 0 Å². The molecule has 0 fully saturated rings. The van der Waals surface area contributed by atoms with E-state index in [1.807, 2.05) is 12.1 Å². The number of anilines is 1. The van der Waals surface area contributed by atoms with Crippen LogP contribution in [0.15, 0.2) is 66.7 Å². The zero-order chi connectivity index (χ0) is 22.9. The monoisotopic (exact) mass is 451 g/mol. The average molecular weight is 452 g/mol. The molecule has 0 bridgehead atoms. The lowest BCUT2D eigenvalue weighted by molar-refractivity contribution is -0.136. The predicted molar refractivity (Wildman–Crippen MR) is 121 cm³/mol. The van der Waals surface area contributed by atoms with Crippen molar-refractivity contribution in [2.75, 3.05) is 19.1 Å². The lowest BCUT2D eigenvalue weighted by Gasteiger charge is -2.23. The lowest BCUT2D eigenvalue weighted by atomic mass is 9.88. The van der Waals surface area contributed by atoms with Crippen molar-refractivity contribution in [3.63, 3.8) is 0 Å². The second-order valence-corrected chi connectivity index (χ2v) is 8.00. The Hall–Kier alpha value is -3.35. The zero-order valence-corrected chi connectivity index (χ0v) is 18.4. The van der Waals surface area contributed by atoms with E-state index in [4.69, 9.17) is 21.1 Å². The van der Waals surface area contributed by atoms with Crippen molar-refractivity contribution in [2.45, 2.75) is 18.6 Å². The first-order valence-corrected chi connectivity index (χ1v) is 10.4. The summed E-state index contributed by atoms with van der Waals surface area (Å²) in [6.07, 6.45) is -0.393. The summed E-state index contributed by atoms with van der Waals surface area (Å²) >= 11 is 5.96. The van der Waals surface area contributed by atoms with Gasteiger partial charge in [-0.25, -0.2) is 0 Å². The van der Waals surface area contributed by atoms with Crippen LogP contribution in [0.3, 0.4) is 0 Å². The highest BCUT2D eigenvalue weighted by atomic mass is 35.5. The highest BCUT2D eigenvalue weighted by Gasteiger charge is 2.50. The van der Waals surface area contributed by atoms with E-state index in [9.17, 15) is 14.7 Å². The molecule has 0 aromatic heterocycles. The van der Waals surface area contributed by atoms with Crippen molar-refractivity contribution in [2.24, 2.45) is 0 Å². The number of carbonyl (C=O) groups excluding carboxylic acids is 2. The van der Waals surface area contributed by atoms with Crippen molar-refractivity contribution < 1.29 is 24.2 Å². The standard InChI is InChI=1S/C25H22ClNO5/c1-31-22-12-9-17(13-23(22)32-2)21(28)14-25(30)19-5-3-4-6-20(19)27(24(25)29)15-16-7-10-18(26)11-8-16/h3-13,30H,14-15H2,1-2H3. The molecule has 0 saturated heterocycles. The molecular formula is C25H22ClNO5. The van der Waals surface area contributed by atoms with Crippen LogP contribution in [0.25, 0.3) is 0 Å². The van der Waals surface area contributed by atoms with E-state index in [0.29, 0.717) is 33.3 Å². The third kappa shape index (κ3) is 3.83. The number of hydrogen-bond acceptors (Lipinski definition) is 5. The smallest absolute Gasteiger partial charge is 0.264 e. The van der Waals surface area contributed by atoms with Crippen molar-refractivity contribution in [3.05, 3.63) is 88.4 Å². The molecule has 0 radical (unpaired) electrons. The number of ketones is 1. The van der Waals surface area contributed by atoms with Gasteiger partial charge < -0.3 is 19.5 Å². The molecular weight excluding hydrogens is 430 g/mol. The van der Waals surface area contributed by atoms with E-state index in [-0.39, 0.29) is 12.3 Å². The second-order valence-electron chi connectivity index (χ2n) is 7.56. The summed E-state index contributed by atoms with van der Waals surface area (Å²) in [5.74, 6) is -0.0422. The Morgan fingerprint density at radius 3 is 2.38 bits per heavy atom. The van der Waals surface area contributed by atoms with Crippen LogP contribution < -0.4 is 14.4 Å². The molecule has 1 heterocycles. The fourth-order valence-electron chi connectivity index (χ4n) is 3.95. The SMILES string of the molecule is COc1ccc(C(=O)CC2(O)C(=O)N(Cc3ccc(Cl)cc3)c3ccccc32)cc1OC. The molecule has 1 aliphatic rings. The van der Waals surface area contributed by atoms with Crippen LogP contribution in [0.5, 0.6) is 11.5 Å². The highest BCUT2D eigenvalue weighted by molar-refractivity contribution is 6.30. The molecule has 0 saturated carbocycles. The third-order valence-electron chi connectivity index (χ3n) is 5.62. The maximum absolute atomic E-state index is 13.4. The number of ether oxygens (including phenoxy) is 2. The van der Waals surface area contributed by atoms with Gasteiger partial charge in [0.2, 0.25) is 0 Å². The molecule has 7 heteroatoms. The number of methoxy groups -OCH3 is 2. The number of halogens is 1. The molecule has 164 valence electrons. The van der Waals surface area contributed by atoms with Gasteiger partial charge in [-0.2, -0.15) is 0 Å². The topological polar surface area (TPSA) is 76.1 Å². The molecule has 1 atom stereocenters. The van der Waals surface area contributed by atoms with Crippen LogP contribution in [0, 0.1) is 0 Å². The number of rotatable bonds is 7. The number of benzene rings is 3. The van der Waals surface area contributed by atoms with E-state index in [2.05, 4.69) is 0 Å². The van der Waals surface area contributed by atoms with Gasteiger partial charge in [0.15, 0.2) is 22.9 Å². The van der Waals surface area contributed by atoms with E-state index in [0.717, 1.165) is 5.56 Å². The quantitative estimate of drug-likeness (QED) is 0.540. The molecule has 1 amide bonds. The minimum atomic E-state index is -1.97. The Morgan fingerprint density at radius 1 is 1.00 bits per heavy atom. The number of hydrogen-bond donors (Lipinski definition) is 1. The first kappa shape index (κ1) is 21.9. The molecule has 4 rings (SSSR count). The van der Waals surface area contributed by atoms with Gasteiger partial charge in [0.05, 0.1) is 32.9 Å². The number of Topliss-reactive ketones (excluding diaryl/α,β-unsaturated/α-hetero) is 1. The summed E-state index contributed by atoms with van der Waals surface area (Å²) in [4.78, 5) is 28.0. The van der Waals surface area contributed by atoms with Crippen molar-refractivity contribution >= 4 is 29.0 Å². The first-order chi connectivity index (χ1) is 15.4. The molecule has 0 aliphatic carbocycles. The number of para-hydroxylation sites is 1. The molecule has 1 N–H and O–H groups in total. The molecule has 1 aliphatic heterocycles. The Labute approximate surface area is 191 Å². The van der Waals surface area contributed by atoms with Crippen LogP contribution in [0.4, 0.5) is 5.69 Å². The maximum Gasteiger partial charge on any atom is 0.264 e. The van der Waals surface area contributed by atoms with E-state index in [1.54, 1.807) is 54.6 Å². The Bertz CT molecular complexity index is 1180. The number of carbonyl (C=O) groups is 2. The van der Waals surface area contributed by atoms with E-state index in [1.165, 1.54) is 19.1 Å². The minimum Gasteiger partial charge on any atom is -0.493 e. The number of amides is 1. The van der Waals surface area contributed by atoms with Gasteiger partial charge >= 0.3 is 0 Å². The molecule has 3 aromatic rings. The Morgan fingerprint density at radius 2 is 1.69 bits per heavy atom. The summed E-state index contributed by atoms with van der Waals surface area (Å²) in [7, 11) is 2.98. The second kappa shape index (κ2) is 8.65. The van der Waals surface area contributed by atoms with Crippen molar-refractivity contribution in [1.29, 1.82) is 0 Å². The molecule has 3 aromatic carbocycles. The molecule has 6 nitrogen and oxygen atoms in total. The van der Waals surface area contributed by atoms with Gasteiger partial charge in [-0.05, 0) is 42.0 Å². The Balaban J connectivity index is 1.65. The zero-order valence-electron chi connectivity index (χ0n) is 17.7. The number of fused-ring (bicyclic) bond motifs is 1. The average Bonchev–Trinajstić information content (AvgIpc) is 3.01. The van der Waals surface area contributed by atoms with Crippen molar-refractivity contribution in [3.8, 4) is 11.5 Å². The summed E-state index contributed by atoms with van der Waals surface area (Å²) in [5, 5.41) is 12.1. The fourth-order valence-corrected chi connectivity index (χ4v) is 4.08. The molecule has 0 spiro atoms. The normalized spacial score (nSPS) is 17.2. The first-order valence-electron chi connectivity index (χ1n) is 10.0. The lowest BCUT2D eigenvalue weighted by Crippen LogP contribution is -2.41. The summed E-state index contributed by atoms with van der Waals surface area (Å²) < 4.78 is 10.5. The third-order valence-corrected chi connectivity index (χ3v) is 5.87.